The number of nitrogens with one attached hydrogen (secondary N) is 1. The maximum absolute atomic E-state index is 10.6. The smallest absolute Gasteiger partial charge is 0.167 e. The van der Waals surface area contributed by atoms with Crippen LogP contribution in [0.3, 0.4) is 0 Å². The summed E-state index contributed by atoms with van der Waals surface area (Å²) in [6.07, 6.45) is 8.64. The van der Waals surface area contributed by atoms with Crippen LogP contribution in [0.25, 0.3) is 22.2 Å². The van der Waals surface area contributed by atoms with E-state index in [2.05, 4.69) is 63.8 Å². The van der Waals surface area contributed by atoms with Gasteiger partial charge in [-0.2, -0.15) is 0 Å². The maximum Gasteiger partial charge on any atom is 0.167 e. The van der Waals surface area contributed by atoms with Gasteiger partial charge in [-0.1, -0.05) is 26.8 Å². The summed E-state index contributed by atoms with van der Waals surface area (Å²) in [5.74, 6) is 2.09. The molecule has 6 rings (SSSR count). The number of aromatic nitrogens is 6. The Morgan fingerprint density at radius 3 is 2.79 bits per heavy atom. The Kier molecular flexibility index (Phi) is 6.81. The van der Waals surface area contributed by atoms with E-state index in [1.165, 1.54) is 11.9 Å². The van der Waals surface area contributed by atoms with Gasteiger partial charge in [-0.25, -0.2) is 19.9 Å². The van der Waals surface area contributed by atoms with E-state index in [0.717, 1.165) is 61.9 Å². The van der Waals surface area contributed by atoms with Crippen molar-refractivity contribution in [3.63, 3.8) is 0 Å². The molecular formula is C29H40N8O2. The number of benzene rings is 1. The zero-order valence-electron chi connectivity index (χ0n) is 23.3. The number of anilines is 1. The van der Waals surface area contributed by atoms with E-state index in [9.17, 15) is 5.11 Å². The molecule has 0 amide bonds. The second-order valence-electron chi connectivity index (χ2n) is 12.4. The van der Waals surface area contributed by atoms with E-state index in [-0.39, 0.29) is 17.7 Å². The Balaban J connectivity index is 1.01. The minimum Gasteiger partial charge on any atom is -0.382 e. The molecule has 4 heterocycles. The van der Waals surface area contributed by atoms with Gasteiger partial charge in [0, 0.05) is 19.0 Å². The molecule has 4 aromatic rings. The Morgan fingerprint density at radius 1 is 1.21 bits per heavy atom. The number of fused-ring (bicyclic) bond motifs is 2. The largest absolute Gasteiger partial charge is 0.382 e. The van der Waals surface area contributed by atoms with Crippen LogP contribution in [0.5, 0.6) is 0 Å². The summed E-state index contributed by atoms with van der Waals surface area (Å²) in [5.41, 5.74) is 10.9. The fraction of sp³-hybridized carbons (Fsp3) is 0.586. The molecule has 3 aromatic heterocycles. The Bertz CT molecular complexity index is 1450. The van der Waals surface area contributed by atoms with Crippen molar-refractivity contribution in [2.45, 2.75) is 96.2 Å². The van der Waals surface area contributed by atoms with Gasteiger partial charge >= 0.3 is 0 Å². The number of nitrogen functional groups attached to an aromatic ring is 1. The molecule has 10 nitrogen and oxygen atoms in total. The highest BCUT2D eigenvalue weighted by Crippen LogP contribution is 2.38. The predicted octanol–water partition coefficient (Wildman–Crippen LogP) is 4.31. The van der Waals surface area contributed by atoms with Gasteiger partial charge in [-0.3, -0.25) is 9.47 Å². The Hall–Kier alpha value is -3.08. The Labute approximate surface area is 229 Å². The normalized spacial score (nSPS) is 24.6. The highest BCUT2D eigenvalue weighted by atomic mass is 16.5. The van der Waals surface area contributed by atoms with Crippen molar-refractivity contribution >= 4 is 28.0 Å². The standard InChI is InChI=1S/C29H40N8O2/c1-17(38)36(14-21-7-10-25(39-21)37-16-33-26-27(30)31-15-32-28(26)37)20-11-18(12-20)5-9-24-34-22-8-6-19(29(2,3)4)13-23(22)35-24/h6,8,13,15-18,20-21,25,38H,5,7,9-12,14H2,1-4H3,(H,34,35)(H2,30,31,32). The number of aliphatic hydroxyl groups excluding tert-OH is 1. The van der Waals surface area contributed by atoms with Gasteiger partial charge in [0.15, 0.2) is 11.5 Å². The molecule has 1 aromatic carbocycles. The van der Waals surface area contributed by atoms with Gasteiger partial charge in [0.25, 0.3) is 0 Å². The number of aromatic amines is 1. The van der Waals surface area contributed by atoms with Crippen LogP contribution in [-0.4, -0.2) is 64.4 Å². The summed E-state index contributed by atoms with van der Waals surface area (Å²) in [7, 11) is 0. The van der Waals surface area contributed by atoms with Crippen LogP contribution in [0, 0.1) is 5.92 Å². The molecule has 3 unspecified atom stereocenters. The fourth-order valence-electron chi connectivity index (χ4n) is 6.14. The molecular weight excluding hydrogens is 492 g/mol. The molecule has 2 fully saturated rings. The highest BCUT2D eigenvalue weighted by molar-refractivity contribution is 5.81. The van der Waals surface area contributed by atoms with Crippen molar-refractivity contribution in [3.05, 3.63) is 42.2 Å². The number of hydrogen-bond donors (Lipinski definition) is 3. The lowest BCUT2D eigenvalue weighted by molar-refractivity contribution is -0.0882. The third kappa shape index (κ3) is 5.25. The summed E-state index contributed by atoms with van der Waals surface area (Å²) < 4.78 is 8.35. The molecule has 0 radical (unpaired) electrons. The molecule has 39 heavy (non-hydrogen) atoms. The number of aryl methyl sites for hydroxylation is 1. The van der Waals surface area contributed by atoms with Gasteiger partial charge < -0.3 is 20.6 Å². The van der Waals surface area contributed by atoms with Crippen molar-refractivity contribution in [3.8, 4) is 0 Å². The molecule has 1 aliphatic heterocycles. The zero-order chi connectivity index (χ0) is 27.3. The van der Waals surface area contributed by atoms with Crippen LogP contribution in [0.2, 0.25) is 0 Å². The summed E-state index contributed by atoms with van der Waals surface area (Å²) >= 11 is 0. The monoisotopic (exact) mass is 532 g/mol. The van der Waals surface area contributed by atoms with Crippen LogP contribution in [0.1, 0.15) is 77.4 Å². The number of nitrogens with zero attached hydrogens (tertiary/aromatic N) is 6. The summed E-state index contributed by atoms with van der Waals surface area (Å²) in [5, 5.41) is 10.6. The first-order chi connectivity index (χ1) is 18.7. The third-order valence-corrected chi connectivity index (χ3v) is 8.54. The molecule has 0 spiro atoms. The lowest BCUT2D eigenvalue weighted by Crippen LogP contribution is -2.51. The summed E-state index contributed by atoms with van der Waals surface area (Å²) in [4.78, 5) is 23.3. The quantitative estimate of drug-likeness (QED) is 0.286. The Morgan fingerprint density at radius 2 is 2.03 bits per heavy atom. The van der Waals surface area contributed by atoms with Crippen LogP contribution < -0.4 is 5.73 Å². The molecule has 1 saturated heterocycles. The topological polar surface area (TPSA) is 131 Å². The minimum absolute atomic E-state index is 0.0498. The third-order valence-electron chi connectivity index (χ3n) is 8.54. The van der Waals surface area contributed by atoms with Crippen LogP contribution >= 0.6 is 0 Å². The van der Waals surface area contributed by atoms with Crippen molar-refractivity contribution in [2.24, 2.45) is 5.92 Å². The molecule has 0 bridgehead atoms. The number of imidazole rings is 2. The molecule has 2 aliphatic rings. The second kappa shape index (κ2) is 10.1. The lowest BCUT2D eigenvalue weighted by atomic mass is 9.76. The summed E-state index contributed by atoms with van der Waals surface area (Å²) in [6.45, 7) is 9.29. The van der Waals surface area contributed by atoms with Crippen molar-refractivity contribution in [1.82, 2.24) is 34.4 Å². The van der Waals surface area contributed by atoms with Crippen LogP contribution in [0.4, 0.5) is 5.82 Å². The van der Waals surface area contributed by atoms with E-state index in [0.29, 0.717) is 28.9 Å². The van der Waals surface area contributed by atoms with Crippen LogP contribution in [-0.2, 0) is 16.6 Å². The van der Waals surface area contributed by atoms with E-state index in [1.807, 2.05) is 11.5 Å². The number of rotatable bonds is 8. The lowest BCUT2D eigenvalue weighted by Gasteiger charge is -2.45. The van der Waals surface area contributed by atoms with E-state index in [4.69, 9.17) is 15.5 Å². The van der Waals surface area contributed by atoms with Gasteiger partial charge in [0.2, 0.25) is 0 Å². The van der Waals surface area contributed by atoms with Gasteiger partial charge in [0.1, 0.15) is 30.1 Å². The first-order valence-corrected chi connectivity index (χ1v) is 14.2. The van der Waals surface area contributed by atoms with Gasteiger partial charge in [0.05, 0.1) is 23.5 Å². The second-order valence-corrected chi connectivity index (χ2v) is 12.4. The molecule has 1 saturated carbocycles. The molecule has 4 N–H and O–H groups in total. The molecule has 3 atom stereocenters. The zero-order valence-corrected chi connectivity index (χ0v) is 23.3. The number of hydrogen-bond acceptors (Lipinski definition) is 8. The van der Waals surface area contributed by atoms with Gasteiger partial charge in [-0.15, -0.1) is 0 Å². The number of aliphatic hydroxyl groups is 1. The van der Waals surface area contributed by atoms with E-state index < -0.39 is 6.23 Å². The first-order valence-electron chi connectivity index (χ1n) is 14.2. The molecule has 208 valence electrons. The fourth-order valence-corrected chi connectivity index (χ4v) is 6.14. The van der Waals surface area contributed by atoms with Crippen molar-refractivity contribution < 1.29 is 9.84 Å². The summed E-state index contributed by atoms with van der Waals surface area (Å²) in [6, 6.07) is 6.93. The first kappa shape index (κ1) is 26.2. The molecule has 1 aliphatic carbocycles. The van der Waals surface area contributed by atoms with Gasteiger partial charge in [-0.05, 0) is 68.1 Å². The van der Waals surface area contributed by atoms with Crippen molar-refractivity contribution in [1.29, 1.82) is 0 Å². The molecule has 10 heteroatoms. The van der Waals surface area contributed by atoms with Crippen molar-refractivity contribution in [2.75, 3.05) is 12.3 Å². The highest BCUT2D eigenvalue weighted by Gasteiger charge is 2.38. The average molecular weight is 533 g/mol. The minimum atomic E-state index is -0.507. The number of nitrogens with two attached hydrogens (primary N) is 1. The number of ether oxygens (including phenoxy) is 1. The van der Waals surface area contributed by atoms with E-state index >= 15 is 0 Å². The number of H-pyrrole nitrogens is 1. The van der Waals surface area contributed by atoms with Crippen LogP contribution in [0.15, 0.2) is 30.9 Å². The SMILES string of the molecule is CC(O)N(CC1CCC(n2cnc3c(N)ncnc32)O1)C1CC(CCc2nc3ccc(C(C)(C)C)cc3[nH]2)C1. The van der Waals surface area contributed by atoms with E-state index in [1.54, 1.807) is 6.33 Å². The predicted molar refractivity (Wildman–Crippen MR) is 151 cm³/mol. The maximum atomic E-state index is 10.6. The average Bonchev–Trinajstić information content (AvgIpc) is 3.59.